The second-order valence-corrected chi connectivity index (χ2v) is 5.57. The molecule has 0 aromatic heterocycles. The van der Waals surface area contributed by atoms with Crippen molar-refractivity contribution in [2.24, 2.45) is 0 Å². The first kappa shape index (κ1) is 14.9. The van der Waals surface area contributed by atoms with E-state index >= 15 is 0 Å². The number of alkyl halides is 2. The highest BCUT2D eigenvalue weighted by molar-refractivity contribution is 9.10. The largest absolute Gasteiger partial charge is 0.465 e. The Morgan fingerprint density at radius 3 is 2.45 bits per heavy atom. The summed E-state index contributed by atoms with van der Waals surface area (Å²) >= 11 is 3.19. The van der Waals surface area contributed by atoms with Gasteiger partial charge in [0.05, 0.1) is 12.7 Å². The number of esters is 1. The molecule has 1 fully saturated rings. The molecule has 1 N–H and O–H groups in total. The fraction of sp³-hybridized carbons (Fsp3) is 0.385. The minimum absolute atomic E-state index is 0.214. The van der Waals surface area contributed by atoms with Crippen molar-refractivity contribution in [3.8, 4) is 0 Å². The second-order valence-electron chi connectivity index (χ2n) is 4.65. The van der Waals surface area contributed by atoms with Crippen LogP contribution in [-0.2, 0) is 4.74 Å². The molecule has 20 heavy (non-hydrogen) atoms. The summed E-state index contributed by atoms with van der Waals surface area (Å²) < 4.78 is 30.5. The fourth-order valence-corrected chi connectivity index (χ4v) is 2.48. The maximum atomic E-state index is 12.7. The number of halogens is 3. The molecule has 1 saturated carbocycles. The van der Waals surface area contributed by atoms with E-state index in [2.05, 4.69) is 26.0 Å². The molecule has 1 aromatic carbocycles. The van der Waals surface area contributed by atoms with E-state index in [-0.39, 0.29) is 24.0 Å². The molecule has 108 valence electrons. The van der Waals surface area contributed by atoms with E-state index < -0.39 is 23.8 Å². The lowest BCUT2D eigenvalue weighted by Gasteiger charge is -2.35. The second kappa shape index (κ2) is 5.47. The molecule has 0 radical (unpaired) electrons. The highest BCUT2D eigenvalue weighted by Gasteiger charge is 2.45. The molecule has 0 bridgehead atoms. The summed E-state index contributed by atoms with van der Waals surface area (Å²) in [6, 6.07) is 3.86. The van der Waals surface area contributed by atoms with Crippen molar-refractivity contribution in [1.82, 2.24) is 5.32 Å². The van der Waals surface area contributed by atoms with Gasteiger partial charge in [-0.05, 0) is 18.2 Å². The van der Waals surface area contributed by atoms with Gasteiger partial charge in [-0.25, -0.2) is 13.6 Å². The maximum Gasteiger partial charge on any atom is 0.337 e. The van der Waals surface area contributed by atoms with Crippen molar-refractivity contribution in [2.75, 3.05) is 7.11 Å². The third-order valence-electron chi connectivity index (χ3n) is 3.01. The number of amides is 1. The first-order chi connectivity index (χ1) is 9.30. The number of hydrogen-bond acceptors (Lipinski definition) is 3. The van der Waals surface area contributed by atoms with Crippen LogP contribution in [0, 0.1) is 0 Å². The molecule has 7 heteroatoms. The lowest BCUT2D eigenvalue weighted by molar-refractivity contribution is -0.0901. The van der Waals surface area contributed by atoms with E-state index in [1.807, 2.05) is 0 Å². The highest BCUT2D eigenvalue weighted by atomic mass is 79.9. The van der Waals surface area contributed by atoms with Gasteiger partial charge in [0.1, 0.15) is 0 Å². The number of carbonyl (C=O) groups is 2. The number of hydrogen-bond donors (Lipinski definition) is 1. The Bertz CT molecular complexity index is 555. The predicted octanol–water partition coefficient (Wildman–Crippen LogP) is 2.76. The normalized spacial score (nSPS) is 17.2. The van der Waals surface area contributed by atoms with Crippen molar-refractivity contribution in [3.05, 3.63) is 33.8 Å². The SMILES string of the molecule is COC(=O)c1cc(Br)cc(C(=O)NC2CC(F)(F)C2)c1. The van der Waals surface area contributed by atoms with Crippen molar-refractivity contribution in [2.45, 2.75) is 24.8 Å². The fourth-order valence-electron chi connectivity index (χ4n) is 1.99. The molecular weight excluding hydrogens is 336 g/mol. The van der Waals surface area contributed by atoms with E-state index in [0.717, 1.165) is 0 Å². The Morgan fingerprint density at radius 2 is 1.90 bits per heavy atom. The molecule has 4 nitrogen and oxygen atoms in total. The molecule has 1 aliphatic rings. The maximum absolute atomic E-state index is 12.7. The summed E-state index contributed by atoms with van der Waals surface area (Å²) in [5.41, 5.74) is 0.431. The number of nitrogens with one attached hydrogen (secondary N) is 1. The number of methoxy groups -OCH3 is 1. The van der Waals surface area contributed by atoms with Gasteiger partial charge in [0.15, 0.2) is 0 Å². The van der Waals surface area contributed by atoms with E-state index in [1.165, 1.54) is 25.3 Å². The summed E-state index contributed by atoms with van der Waals surface area (Å²) in [6.07, 6.45) is -0.701. The topological polar surface area (TPSA) is 55.4 Å². The van der Waals surface area contributed by atoms with Crippen LogP contribution in [-0.4, -0.2) is 31.0 Å². The number of ether oxygens (including phenoxy) is 1. The van der Waals surface area contributed by atoms with Crippen LogP contribution in [0.15, 0.2) is 22.7 Å². The molecule has 1 aliphatic carbocycles. The van der Waals surface area contributed by atoms with Crippen molar-refractivity contribution in [3.63, 3.8) is 0 Å². The summed E-state index contributed by atoms with van der Waals surface area (Å²) in [4.78, 5) is 23.4. The van der Waals surface area contributed by atoms with Gasteiger partial charge in [-0.1, -0.05) is 15.9 Å². The van der Waals surface area contributed by atoms with Crippen LogP contribution in [0.1, 0.15) is 33.6 Å². The molecule has 0 atom stereocenters. The Kier molecular flexibility index (Phi) is 4.08. The minimum Gasteiger partial charge on any atom is -0.465 e. The Morgan fingerprint density at radius 1 is 1.30 bits per heavy atom. The first-order valence-electron chi connectivity index (χ1n) is 5.88. The van der Waals surface area contributed by atoms with Crippen LogP contribution in [0.4, 0.5) is 8.78 Å². The standard InChI is InChI=1S/C13H12BrF2NO3/c1-20-12(19)8-2-7(3-9(14)4-8)11(18)17-10-5-13(15,16)6-10/h2-4,10H,5-6H2,1H3,(H,17,18). The lowest BCUT2D eigenvalue weighted by Crippen LogP contribution is -2.50. The van der Waals surface area contributed by atoms with Gasteiger partial charge in [0.2, 0.25) is 0 Å². The molecule has 0 spiro atoms. The molecule has 0 unspecified atom stereocenters. The van der Waals surface area contributed by atoms with E-state index in [9.17, 15) is 18.4 Å². The molecular formula is C13H12BrF2NO3. The van der Waals surface area contributed by atoms with Crippen LogP contribution < -0.4 is 5.32 Å². The molecule has 2 rings (SSSR count). The molecule has 0 aliphatic heterocycles. The van der Waals surface area contributed by atoms with Crippen LogP contribution in [0.5, 0.6) is 0 Å². The van der Waals surface area contributed by atoms with Gasteiger partial charge in [-0.2, -0.15) is 0 Å². The zero-order valence-corrected chi connectivity index (χ0v) is 12.2. The molecule has 1 aromatic rings. The first-order valence-corrected chi connectivity index (χ1v) is 6.67. The van der Waals surface area contributed by atoms with Gasteiger partial charge >= 0.3 is 5.97 Å². The Labute approximate surface area is 122 Å². The van der Waals surface area contributed by atoms with Crippen molar-refractivity contribution in [1.29, 1.82) is 0 Å². The monoisotopic (exact) mass is 347 g/mol. The molecule has 0 heterocycles. The zero-order valence-electron chi connectivity index (χ0n) is 10.6. The summed E-state index contributed by atoms with van der Waals surface area (Å²) in [6.45, 7) is 0. The van der Waals surface area contributed by atoms with Crippen LogP contribution in [0.25, 0.3) is 0 Å². The van der Waals surface area contributed by atoms with Gasteiger partial charge < -0.3 is 10.1 Å². The van der Waals surface area contributed by atoms with Crippen molar-refractivity contribution < 1.29 is 23.1 Å². The van der Waals surface area contributed by atoms with Crippen molar-refractivity contribution >= 4 is 27.8 Å². The number of carbonyl (C=O) groups excluding carboxylic acids is 2. The summed E-state index contributed by atoms with van der Waals surface area (Å²) in [7, 11) is 1.24. The van der Waals surface area contributed by atoms with Gasteiger partial charge in [0, 0.05) is 28.9 Å². The van der Waals surface area contributed by atoms with Crippen LogP contribution in [0.2, 0.25) is 0 Å². The van der Waals surface area contributed by atoms with E-state index in [4.69, 9.17) is 0 Å². The van der Waals surface area contributed by atoms with E-state index in [1.54, 1.807) is 0 Å². The minimum atomic E-state index is -2.69. The third-order valence-corrected chi connectivity index (χ3v) is 3.46. The zero-order chi connectivity index (χ0) is 14.9. The van der Waals surface area contributed by atoms with Gasteiger partial charge in [-0.3, -0.25) is 4.79 Å². The predicted molar refractivity (Wildman–Crippen MR) is 70.9 cm³/mol. The summed E-state index contributed by atoms with van der Waals surface area (Å²) in [5.74, 6) is -3.75. The van der Waals surface area contributed by atoms with Gasteiger partial charge in [0.25, 0.3) is 11.8 Å². The summed E-state index contributed by atoms with van der Waals surface area (Å²) in [5, 5.41) is 2.51. The quantitative estimate of drug-likeness (QED) is 0.855. The Hall–Kier alpha value is -1.50. The Balaban J connectivity index is 2.10. The third kappa shape index (κ3) is 3.33. The highest BCUT2D eigenvalue weighted by Crippen LogP contribution is 2.37. The average molecular weight is 348 g/mol. The van der Waals surface area contributed by atoms with Crippen LogP contribution in [0.3, 0.4) is 0 Å². The smallest absolute Gasteiger partial charge is 0.337 e. The number of rotatable bonds is 3. The molecule has 1 amide bonds. The van der Waals surface area contributed by atoms with Gasteiger partial charge in [-0.15, -0.1) is 0 Å². The van der Waals surface area contributed by atoms with Crippen LogP contribution >= 0.6 is 15.9 Å². The average Bonchev–Trinajstić information content (AvgIpc) is 2.34. The lowest BCUT2D eigenvalue weighted by atomic mass is 9.88. The van der Waals surface area contributed by atoms with E-state index in [0.29, 0.717) is 4.47 Å². The number of benzene rings is 1. The molecule has 0 saturated heterocycles.